The van der Waals surface area contributed by atoms with Crippen molar-refractivity contribution >= 4 is 19.9 Å². The lowest BCUT2D eigenvalue weighted by molar-refractivity contribution is 0.628. The first kappa shape index (κ1) is 9.15. The highest BCUT2D eigenvalue weighted by atomic mass is 28.2. The third-order valence-electron chi connectivity index (χ3n) is 1.91. The standard InChI is InChI=1S/C12H9FSi/c13-10-6-8-12(9-7-10)14-11-4-2-1-3-5-11/h1-9H. The van der Waals surface area contributed by atoms with Gasteiger partial charge in [0.2, 0.25) is 0 Å². The number of rotatable bonds is 2. The minimum Gasteiger partial charge on any atom is -0.207 e. The van der Waals surface area contributed by atoms with Crippen LogP contribution in [-0.2, 0) is 0 Å². The topological polar surface area (TPSA) is 0 Å². The molecule has 0 nitrogen and oxygen atoms in total. The normalized spacial score (nSPS) is 10.1. The molecule has 0 aliphatic rings. The van der Waals surface area contributed by atoms with Gasteiger partial charge >= 0.3 is 0 Å². The summed E-state index contributed by atoms with van der Waals surface area (Å²) in [5.41, 5.74) is 0. The van der Waals surface area contributed by atoms with Crippen LogP contribution in [0.4, 0.5) is 4.39 Å². The Hall–Kier alpha value is -1.41. The van der Waals surface area contributed by atoms with Crippen LogP contribution in [-0.4, -0.2) is 9.52 Å². The maximum Gasteiger partial charge on any atom is 0.123 e. The molecule has 2 heteroatoms. The highest BCUT2D eigenvalue weighted by Crippen LogP contribution is 1.92. The van der Waals surface area contributed by atoms with Crippen molar-refractivity contribution in [3.63, 3.8) is 0 Å². The van der Waals surface area contributed by atoms with E-state index in [9.17, 15) is 4.39 Å². The predicted octanol–water partition coefficient (Wildman–Crippen LogP) is 1.48. The molecule has 0 atom stereocenters. The molecule has 68 valence electrons. The monoisotopic (exact) mass is 200 g/mol. The first-order valence-electron chi connectivity index (χ1n) is 4.42. The fraction of sp³-hybridized carbons (Fsp3) is 0. The largest absolute Gasteiger partial charge is 0.207 e. The van der Waals surface area contributed by atoms with E-state index in [-0.39, 0.29) is 5.82 Å². The molecule has 0 amide bonds. The molecule has 0 saturated carbocycles. The zero-order valence-corrected chi connectivity index (χ0v) is 8.57. The quantitative estimate of drug-likeness (QED) is 0.644. The van der Waals surface area contributed by atoms with Crippen LogP contribution in [0.2, 0.25) is 0 Å². The maximum absolute atomic E-state index is 12.6. The molecule has 0 saturated heterocycles. The molecule has 0 aliphatic heterocycles. The molecule has 2 aromatic rings. The van der Waals surface area contributed by atoms with Gasteiger partial charge in [0.05, 0.1) is 0 Å². The molecule has 0 bridgehead atoms. The zero-order chi connectivity index (χ0) is 9.80. The summed E-state index contributed by atoms with van der Waals surface area (Å²) in [5.74, 6) is -0.174. The summed E-state index contributed by atoms with van der Waals surface area (Å²) in [7, 11) is 0.606. The summed E-state index contributed by atoms with van der Waals surface area (Å²) in [4.78, 5) is 0. The summed E-state index contributed by atoms with van der Waals surface area (Å²) >= 11 is 0. The van der Waals surface area contributed by atoms with Crippen LogP contribution in [0.25, 0.3) is 0 Å². The van der Waals surface area contributed by atoms with Gasteiger partial charge < -0.3 is 0 Å². The minimum absolute atomic E-state index is 0.174. The second kappa shape index (κ2) is 4.20. The van der Waals surface area contributed by atoms with Crippen molar-refractivity contribution < 1.29 is 4.39 Å². The number of hydrogen-bond acceptors (Lipinski definition) is 0. The van der Waals surface area contributed by atoms with Gasteiger partial charge in [0.25, 0.3) is 0 Å². The second-order valence-corrected chi connectivity index (χ2v) is 4.40. The van der Waals surface area contributed by atoms with Gasteiger partial charge in [0.15, 0.2) is 0 Å². The van der Waals surface area contributed by atoms with Gasteiger partial charge in [-0.1, -0.05) is 52.8 Å². The van der Waals surface area contributed by atoms with Crippen LogP contribution in [0.15, 0.2) is 54.6 Å². The summed E-state index contributed by atoms with van der Waals surface area (Å²) in [5, 5.41) is 2.44. The molecular formula is C12H9FSi. The molecule has 0 aromatic heterocycles. The van der Waals surface area contributed by atoms with Gasteiger partial charge in [-0.05, 0) is 12.1 Å². The van der Waals surface area contributed by atoms with E-state index >= 15 is 0 Å². The Bertz CT molecular complexity index is 394. The minimum atomic E-state index is -0.174. The van der Waals surface area contributed by atoms with Crippen molar-refractivity contribution in [3.05, 3.63) is 60.4 Å². The molecule has 0 spiro atoms. The maximum atomic E-state index is 12.6. The predicted molar refractivity (Wildman–Crippen MR) is 57.9 cm³/mol. The Morgan fingerprint density at radius 3 is 1.93 bits per heavy atom. The van der Waals surface area contributed by atoms with Crippen LogP contribution >= 0.6 is 0 Å². The third kappa shape index (κ3) is 2.30. The van der Waals surface area contributed by atoms with E-state index in [4.69, 9.17) is 0 Å². The molecule has 14 heavy (non-hydrogen) atoms. The molecular weight excluding hydrogens is 191 g/mol. The van der Waals surface area contributed by atoms with Gasteiger partial charge in [-0.15, -0.1) is 0 Å². The van der Waals surface area contributed by atoms with Crippen molar-refractivity contribution in [1.82, 2.24) is 0 Å². The number of hydrogen-bond donors (Lipinski definition) is 0. The van der Waals surface area contributed by atoms with E-state index in [1.54, 1.807) is 0 Å². The van der Waals surface area contributed by atoms with Gasteiger partial charge in [-0.2, -0.15) is 0 Å². The fourth-order valence-electron chi connectivity index (χ4n) is 1.22. The second-order valence-electron chi connectivity index (χ2n) is 3.00. The van der Waals surface area contributed by atoms with E-state index < -0.39 is 0 Å². The van der Waals surface area contributed by atoms with Crippen LogP contribution in [0.5, 0.6) is 0 Å². The summed E-state index contributed by atoms with van der Waals surface area (Å²) in [6.07, 6.45) is 0. The SMILES string of the molecule is Fc1ccc([Si]c2ccccc2)cc1. The average molecular weight is 200 g/mol. The van der Waals surface area contributed by atoms with E-state index in [1.165, 1.54) is 17.3 Å². The molecule has 0 unspecified atom stereocenters. The summed E-state index contributed by atoms with van der Waals surface area (Å²) < 4.78 is 12.6. The third-order valence-corrected chi connectivity index (χ3v) is 3.15. The number of benzene rings is 2. The highest BCUT2D eigenvalue weighted by molar-refractivity contribution is 6.67. The van der Waals surface area contributed by atoms with Gasteiger partial charge in [-0.25, -0.2) is 4.39 Å². The van der Waals surface area contributed by atoms with E-state index in [1.807, 2.05) is 30.3 Å². The van der Waals surface area contributed by atoms with Gasteiger partial charge in [0, 0.05) is 0 Å². The molecule has 0 heterocycles. The van der Waals surface area contributed by atoms with Crippen molar-refractivity contribution in [2.45, 2.75) is 0 Å². The number of halogens is 1. The highest BCUT2D eigenvalue weighted by Gasteiger charge is 1.97. The van der Waals surface area contributed by atoms with Crippen LogP contribution in [0.1, 0.15) is 0 Å². The molecule has 2 radical (unpaired) electrons. The fourth-order valence-corrected chi connectivity index (χ4v) is 2.25. The van der Waals surface area contributed by atoms with Crippen LogP contribution in [0, 0.1) is 5.82 Å². The zero-order valence-electron chi connectivity index (χ0n) is 7.57. The van der Waals surface area contributed by atoms with Crippen LogP contribution in [0.3, 0.4) is 0 Å². The lowest BCUT2D eigenvalue weighted by atomic mass is 10.3. The molecule has 0 aliphatic carbocycles. The molecule has 2 aromatic carbocycles. The first-order valence-corrected chi connectivity index (χ1v) is 5.42. The van der Waals surface area contributed by atoms with Crippen molar-refractivity contribution in [1.29, 1.82) is 0 Å². The van der Waals surface area contributed by atoms with E-state index in [0.29, 0.717) is 9.52 Å². The molecule has 0 N–H and O–H groups in total. The smallest absolute Gasteiger partial charge is 0.123 e. The van der Waals surface area contributed by atoms with Gasteiger partial charge in [-0.3, -0.25) is 0 Å². The Balaban J connectivity index is 2.16. The lowest BCUT2D eigenvalue weighted by Crippen LogP contribution is -2.26. The first-order chi connectivity index (χ1) is 6.84. The summed E-state index contributed by atoms with van der Waals surface area (Å²) in [6.45, 7) is 0. The van der Waals surface area contributed by atoms with E-state index in [0.717, 1.165) is 5.19 Å². The summed E-state index contributed by atoms with van der Waals surface area (Å²) in [6, 6.07) is 16.9. The van der Waals surface area contributed by atoms with Crippen molar-refractivity contribution in [3.8, 4) is 0 Å². The van der Waals surface area contributed by atoms with Crippen LogP contribution < -0.4 is 10.4 Å². The van der Waals surface area contributed by atoms with E-state index in [2.05, 4.69) is 12.1 Å². The Kier molecular flexibility index (Phi) is 2.75. The Morgan fingerprint density at radius 1 is 0.714 bits per heavy atom. The van der Waals surface area contributed by atoms with Gasteiger partial charge in [0.1, 0.15) is 15.3 Å². The lowest BCUT2D eigenvalue weighted by Gasteiger charge is -1.99. The average Bonchev–Trinajstić information content (AvgIpc) is 2.23. The molecule has 2 rings (SSSR count). The van der Waals surface area contributed by atoms with Crippen molar-refractivity contribution in [2.24, 2.45) is 0 Å². The Morgan fingerprint density at radius 2 is 1.29 bits per heavy atom. The Labute approximate surface area is 85.2 Å². The van der Waals surface area contributed by atoms with Crippen molar-refractivity contribution in [2.75, 3.05) is 0 Å². The molecule has 0 fully saturated rings.